The number of esters is 1. The Morgan fingerprint density at radius 3 is 2.61 bits per heavy atom. The summed E-state index contributed by atoms with van der Waals surface area (Å²) in [7, 11) is 0. The van der Waals surface area contributed by atoms with E-state index in [-0.39, 0.29) is 17.8 Å². The van der Waals surface area contributed by atoms with E-state index in [4.69, 9.17) is 9.72 Å². The second-order valence-electron chi connectivity index (χ2n) is 10.0. The van der Waals surface area contributed by atoms with Gasteiger partial charge in [-0.3, -0.25) is 14.7 Å². The third kappa shape index (κ3) is 6.14. The number of anilines is 1. The number of nitrogens with one attached hydrogen (secondary N) is 1. The molecule has 1 saturated heterocycles. The highest BCUT2D eigenvalue weighted by Gasteiger charge is 2.22. The normalized spacial score (nSPS) is 14.6. The van der Waals surface area contributed by atoms with Crippen molar-refractivity contribution in [3.05, 3.63) is 83.2 Å². The zero-order valence-electron chi connectivity index (χ0n) is 22.1. The van der Waals surface area contributed by atoms with Crippen molar-refractivity contribution < 1.29 is 14.6 Å². The quantitative estimate of drug-likeness (QED) is 0.319. The fourth-order valence-corrected chi connectivity index (χ4v) is 5.01. The molecule has 0 amide bonds. The van der Waals surface area contributed by atoms with Gasteiger partial charge in [-0.2, -0.15) is 0 Å². The summed E-state index contributed by atoms with van der Waals surface area (Å²) in [6, 6.07) is 19.6. The number of pyridine rings is 1. The Labute approximate surface area is 223 Å². The van der Waals surface area contributed by atoms with E-state index < -0.39 is 0 Å². The Morgan fingerprint density at radius 1 is 1.03 bits per heavy atom. The highest BCUT2D eigenvalue weighted by atomic mass is 16.5. The van der Waals surface area contributed by atoms with Gasteiger partial charge in [0.2, 0.25) is 5.95 Å². The molecule has 4 aromatic rings. The van der Waals surface area contributed by atoms with Crippen LogP contribution >= 0.6 is 0 Å². The van der Waals surface area contributed by atoms with Crippen LogP contribution in [-0.4, -0.2) is 62.8 Å². The van der Waals surface area contributed by atoms with Gasteiger partial charge in [0.05, 0.1) is 24.0 Å². The number of benzene rings is 2. The minimum Gasteiger partial charge on any atom is -0.506 e. The minimum absolute atomic E-state index is 0.184. The molecular formula is C30H35N5O3. The number of rotatable bonds is 9. The molecule has 198 valence electrons. The fourth-order valence-electron chi connectivity index (χ4n) is 5.01. The molecule has 0 radical (unpaired) electrons. The summed E-state index contributed by atoms with van der Waals surface area (Å²) < 4.78 is 7.58. The molecule has 0 unspecified atom stereocenters. The maximum absolute atomic E-state index is 12.1. The Hall–Kier alpha value is -3.91. The molecule has 2 aromatic carbocycles. The molecule has 1 fully saturated rings. The molecule has 8 heteroatoms. The van der Waals surface area contributed by atoms with Crippen LogP contribution in [0, 0.1) is 13.8 Å². The number of hydrogen-bond acceptors (Lipinski definition) is 7. The first-order valence-electron chi connectivity index (χ1n) is 13.3. The van der Waals surface area contributed by atoms with E-state index in [1.54, 1.807) is 6.07 Å². The molecular weight excluding hydrogens is 478 g/mol. The number of aryl methyl sites for hydroxylation is 2. The van der Waals surface area contributed by atoms with Gasteiger partial charge in [0, 0.05) is 31.4 Å². The number of carbonyl (C=O) groups is 1. The highest BCUT2D eigenvalue weighted by molar-refractivity contribution is 5.82. The number of carbonyl (C=O) groups excluding carboxylic acids is 1. The Morgan fingerprint density at radius 2 is 1.82 bits per heavy atom. The summed E-state index contributed by atoms with van der Waals surface area (Å²) >= 11 is 0. The van der Waals surface area contributed by atoms with E-state index in [1.165, 1.54) is 0 Å². The minimum atomic E-state index is -0.184. The van der Waals surface area contributed by atoms with Crippen molar-refractivity contribution in [1.82, 2.24) is 19.4 Å². The molecule has 1 aliphatic rings. The van der Waals surface area contributed by atoms with Gasteiger partial charge in [0.25, 0.3) is 0 Å². The summed E-state index contributed by atoms with van der Waals surface area (Å²) in [6.07, 6.45) is 2.24. The first kappa shape index (κ1) is 25.7. The van der Waals surface area contributed by atoms with E-state index in [2.05, 4.69) is 38.8 Å². The lowest BCUT2D eigenvalue weighted by Gasteiger charge is -2.32. The second-order valence-corrected chi connectivity index (χ2v) is 10.0. The molecule has 2 aromatic heterocycles. The zero-order valence-corrected chi connectivity index (χ0v) is 22.1. The van der Waals surface area contributed by atoms with Crippen LogP contribution in [-0.2, 0) is 22.5 Å². The predicted molar refractivity (Wildman–Crippen MR) is 148 cm³/mol. The topological polar surface area (TPSA) is 92.5 Å². The molecule has 8 nitrogen and oxygen atoms in total. The Kier molecular flexibility index (Phi) is 7.89. The van der Waals surface area contributed by atoms with Crippen LogP contribution in [0.15, 0.2) is 60.7 Å². The summed E-state index contributed by atoms with van der Waals surface area (Å²) in [5.74, 6) is 0.801. The monoisotopic (exact) mass is 513 g/mol. The van der Waals surface area contributed by atoms with E-state index in [1.807, 2.05) is 49.4 Å². The molecule has 3 heterocycles. The summed E-state index contributed by atoms with van der Waals surface area (Å²) in [4.78, 5) is 24.0. The molecule has 5 rings (SSSR count). The number of nitrogens with zero attached hydrogens (tertiary/aromatic N) is 4. The van der Waals surface area contributed by atoms with Gasteiger partial charge in [-0.05, 0) is 56.0 Å². The maximum atomic E-state index is 12.1. The number of aromatic hydroxyl groups is 1. The van der Waals surface area contributed by atoms with E-state index in [0.717, 1.165) is 66.3 Å². The van der Waals surface area contributed by atoms with E-state index in [0.29, 0.717) is 25.3 Å². The predicted octanol–water partition coefficient (Wildman–Crippen LogP) is 4.46. The third-order valence-corrected chi connectivity index (χ3v) is 7.16. The van der Waals surface area contributed by atoms with Gasteiger partial charge in [-0.25, -0.2) is 4.98 Å². The standard InChI is InChI=1S/C30H35N5O3/c1-21-7-6-10-26-29(21)33-30(35(26)20-25-27(36)12-11-22(2)31-25)32-24-13-15-34(16-14-24)17-18-38-28(37)19-23-8-4-3-5-9-23/h3-12,24,36H,13-20H2,1-2H3,(H,32,33). The van der Waals surface area contributed by atoms with Crippen LogP contribution in [0.1, 0.15) is 35.4 Å². The highest BCUT2D eigenvalue weighted by Crippen LogP contribution is 2.27. The lowest BCUT2D eigenvalue weighted by atomic mass is 10.1. The number of hydrogen-bond donors (Lipinski definition) is 2. The molecule has 2 N–H and O–H groups in total. The number of ether oxygens (including phenoxy) is 1. The SMILES string of the molecule is Cc1ccc(O)c(Cn2c(NC3CCN(CCOC(=O)Cc4ccccc4)CC3)nc3c(C)cccc32)n1. The van der Waals surface area contributed by atoms with Crippen molar-refractivity contribution in [2.24, 2.45) is 0 Å². The molecule has 0 spiro atoms. The van der Waals surface area contributed by atoms with Gasteiger partial charge in [-0.1, -0.05) is 42.5 Å². The van der Waals surface area contributed by atoms with Crippen molar-refractivity contribution in [2.75, 3.05) is 31.6 Å². The number of piperidine rings is 1. The maximum Gasteiger partial charge on any atom is 0.310 e. The van der Waals surface area contributed by atoms with Crippen molar-refractivity contribution >= 4 is 23.0 Å². The van der Waals surface area contributed by atoms with Crippen LogP contribution in [0.2, 0.25) is 0 Å². The molecule has 0 saturated carbocycles. The van der Waals surface area contributed by atoms with E-state index in [9.17, 15) is 9.90 Å². The van der Waals surface area contributed by atoms with Gasteiger partial charge in [-0.15, -0.1) is 0 Å². The molecule has 1 aliphatic heterocycles. The van der Waals surface area contributed by atoms with Crippen molar-refractivity contribution in [3.8, 4) is 5.75 Å². The third-order valence-electron chi connectivity index (χ3n) is 7.16. The summed E-state index contributed by atoms with van der Waals surface area (Å²) in [5, 5.41) is 14.1. The van der Waals surface area contributed by atoms with Gasteiger partial charge in [0.15, 0.2) is 0 Å². The zero-order chi connectivity index (χ0) is 26.5. The first-order valence-corrected chi connectivity index (χ1v) is 13.3. The Bertz CT molecular complexity index is 1390. The van der Waals surface area contributed by atoms with Crippen LogP contribution in [0.25, 0.3) is 11.0 Å². The summed E-state index contributed by atoms with van der Waals surface area (Å²) in [6.45, 7) is 7.42. The van der Waals surface area contributed by atoms with Gasteiger partial charge < -0.3 is 19.7 Å². The lowest BCUT2D eigenvalue weighted by molar-refractivity contribution is -0.143. The molecule has 0 bridgehead atoms. The average molecular weight is 514 g/mol. The average Bonchev–Trinajstić information content (AvgIpc) is 3.26. The van der Waals surface area contributed by atoms with Crippen LogP contribution in [0.3, 0.4) is 0 Å². The number of imidazole rings is 1. The van der Waals surface area contributed by atoms with Crippen molar-refractivity contribution in [1.29, 1.82) is 0 Å². The Balaban J connectivity index is 1.18. The molecule has 0 atom stereocenters. The smallest absolute Gasteiger partial charge is 0.310 e. The summed E-state index contributed by atoms with van der Waals surface area (Å²) in [5.41, 5.74) is 5.56. The number of likely N-dealkylation sites (tertiary alicyclic amines) is 1. The second kappa shape index (κ2) is 11.6. The van der Waals surface area contributed by atoms with Crippen LogP contribution in [0.5, 0.6) is 5.75 Å². The van der Waals surface area contributed by atoms with E-state index >= 15 is 0 Å². The molecule has 0 aliphatic carbocycles. The molecule has 38 heavy (non-hydrogen) atoms. The van der Waals surface area contributed by atoms with Crippen molar-refractivity contribution in [2.45, 2.75) is 45.7 Å². The number of para-hydroxylation sites is 1. The number of aromatic nitrogens is 3. The fraction of sp³-hybridized carbons (Fsp3) is 0.367. The van der Waals surface area contributed by atoms with Gasteiger partial charge >= 0.3 is 5.97 Å². The first-order chi connectivity index (χ1) is 18.5. The van der Waals surface area contributed by atoms with Gasteiger partial charge in [0.1, 0.15) is 18.1 Å². The van der Waals surface area contributed by atoms with Crippen molar-refractivity contribution in [3.63, 3.8) is 0 Å². The van der Waals surface area contributed by atoms with Crippen LogP contribution < -0.4 is 5.32 Å². The van der Waals surface area contributed by atoms with Crippen LogP contribution in [0.4, 0.5) is 5.95 Å². The number of fused-ring (bicyclic) bond motifs is 1. The lowest BCUT2D eigenvalue weighted by Crippen LogP contribution is -2.41. The largest absolute Gasteiger partial charge is 0.506 e.